The first-order valence-corrected chi connectivity index (χ1v) is 9.56. The van der Waals surface area contributed by atoms with Crippen molar-refractivity contribution in [2.45, 2.75) is 26.7 Å². The van der Waals surface area contributed by atoms with Gasteiger partial charge in [-0.25, -0.2) is 4.99 Å². The van der Waals surface area contributed by atoms with Gasteiger partial charge < -0.3 is 0 Å². The first-order valence-electron chi connectivity index (χ1n) is 9.18. The van der Waals surface area contributed by atoms with E-state index in [1.54, 1.807) is 6.92 Å². The van der Waals surface area contributed by atoms with Crippen molar-refractivity contribution in [1.29, 1.82) is 0 Å². The average molecular weight is 374 g/mol. The van der Waals surface area contributed by atoms with Gasteiger partial charge in [-0.1, -0.05) is 84.9 Å². The number of hydrogen-bond acceptors (Lipinski definition) is 1. The molecular formula is C25H24ClN. The molecule has 2 heteroatoms. The van der Waals surface area contributed by atoms with Crippen LogP contribution in [0, 0.1) is 6.92 Å². The minimum Gasteiger partial charge on any atom is -0.241 e. The topological polar surface area (TPSA) is 12.4 Å². The summed E-state index contributed by atoms with van der Waals surface area (Å²) in [6, 6.07) is 25.1. The van der Waals surface area contributed by atoms with E-state index in [0.29, 0.717) is 5.17 Å². The maximum atomic E-state index is 6.10. The molecule has 27 heavy (non-hydrogen) atoms. The van der Waals surface area contributed by atoms with Gasteiger partial charge in [0, 0.05) is 5.56 Å². The van der Waals surface area contributed by atoms with Gasteiger partial charge in [0.25, 0.3) is 0 Å². The summed E-state index contributed by atoms with van der Waals surface area (Å²) in [5.74, 6) is 0. The van der Waals surface area contributed by atoms with Gasteiger partial charge >= 0.3 is 0 Å². The van der Waals surface area contributed by atoms with Gasteiger partial charge in [-0.05, 0) is 60.6 Å². The van der Waals surface area contributed by atoms with Crippen molar-refractivity contribution in [1.82, 2.24) is 0 Å². The molecule has 3 rings (SSSR count). The van der Waals surface area contributed by atoms with E-state index in [2.05, 4.69) is 73.1 Å². The van der Waals surface area contributed by atoms with Crippen LogP contribution in [-0.4, -0.2) is 5.17 Å². The van der Waals surface area contributed by atoms with Crippen LogP contribution in [-0.2, 0) is 6.42 Å². The van der Waals surface area contributed by atoms with Crippen molar-refractivity contribution in [3.05, 3.63) is 96.1 Å². The van der Waals surface area contributed by atoms with Crippen molar-refractivity contribution in [2.24, 2.45) is 4.99 Å². The SMILES string of the molecule is C=C(CCc1ccccc1C)c1c(N=C(C)Cl)cccc1-c1ccccc1. The van der Waals surface area contributed by atoms with Crippen molar-refractivity contribution in [3.63, 3.8) is 0 Å². The summed E-state index contributed by atoms with van der Waals surface area (Å²) in [7, 11) is 0. The third-order valence-electron chi connectivity index (χ3n) is 4.71. The van der Waals surface area contributed by atoms with Crippen molar-refractivity contribution in [2.75, 3.05) is 0 Å². The van der Waals surface area contributed by atoms with Gasteiger partial charge in [-0.2, -0.15) is 0 Å². The summed E-state index contributed by atoms with van der Waals surface area (Å²) in [4.78, 5) is 4.56. The highest BCUT2D eigenvalue weighted by Gasteiger charge is 2.13. The Hall–Kier alpha value is -2.64. The van der Waals surface area contributed by atoms with E-state index in [4.69, 9.17) is 11.6 Å². The van der Waals surface area contributed by atoms with Gasteiger partial charge in [-0.3, -0.25) is 0 Å². The van der Waals surface area contributed by atoms with E-state index in [1.807, 2.05) is 18.2 Å². The number of benzene rings is 3. The zero-order valence-corrected chi connectivity index (χ0v) is 16.6. The highest BCUT2D eigenvalue weighted by molar-refractivity contribution is 6.65. The molecule has 0 bridgehead atoms. The Kier molecular flexibility index (Phi) is 6.26. The summed E-state index contributed by atoms with van der Waals surface area (Å²) in [5, 5.41) is 0.521. The van der Waals surface area contributed by atoms with Crippen LogP contribution in [0.2, 0.25) is 0 Å². The second-order valence-corrected chi connectivity index (χ2v) is 7.25. The van der Waals surface area contributed by atoms with E-state index in [0.717, 1.165) is 40.8 Å². The molecule has 0 saturated heterocycles. The molecule has 0 heterocycles. The van der Waals surface area contributed by atoms with Crippen molar-refractivity contribution in [3.8, 4) is 11.1 Å². The van der Waals surface area contributed by atoms with Crippen LogP contribution in [0.25, 0.3) is 16.7 Å². The zero-order chi connectivity index (χ0) is 19.2. The lowest BCUT2D eigenvalue weighted by atomic mass is 9.90. The fourth-order valence-corrected chi connectivity index (χ4v) is 3.42. The van der Waals surface area contributed by atoms with Crippen LogP contribution in [0.4, 0.5) is 5.69 Å². The Morgan fingerprint density at radius 3 is 2.33 bits per heavy atom. The van der Waals surface area contributed by atoms with E-state index in [9.17, 15) is 0 Å². The molecule has 0 unspecified atom stereocenters. The molecule has 0 aliphatic rings. The second-order valence-electron chi connectivity index (χ2n) is 6.70. The fourth-order valence-electron chi connectivity index (χ4n) is 3.33. The van der Waals surface area contributed by atoms with E-state index >= 15 is 0 Å². The number of allylic oxidation sites excluding steroid dienone is 1. The van der Waals surface area contributed by atoms with Crippen LogP contribution in [0.5, 0.6) is 0 Å². The normalized spacial score (nSPS) is 11.4. The third-order valence-corrected chi connectivity index (χ3v) is 4.80. The number of aryl methyl sites for hydroxylation is 2. The lowest BCUT2D eigenvalue weighted by Crippen LogP contribution is -1.95. The zero-order valence-electron chi connectivity index (χ0n) is 15.9. The Morgan fingerprint density at radius 1 is 0.926 bits per heavy atom. The third kappa shape index (κ3) is 4.75. The molecule has 0 atom stereocenters. The number of hydrogen-bond donors (Lipinski definition) is 0. The summed E-state index contributed by atoms with van der Waals surface area (Å²) >= 11 is 6.10. The molecular weight excluding hydrogens is 350 g/mol. The molecule has 3 aromatic rings. The molecule has 0 saturated carbocycles. The largest absolute Gasteiger partial charge is 0.241 e. The van der Waals surface area contributed by atoms with Crippen molar-refractivity contribution >= 4 is 28.0 Å². The Bertz CT molecular complexity index is 967. The lowest BCUT2D eigenvalue weighted by Gasteiger charge is -2.16. The van der Waals surface area contributed by atoms with Crippen LogP contribution < -0.4 is 0 Å². The van der Waals surface area contributed by atoms with Crippen LogP contribution in [0.3, 0.4) is 0 Å². The summed E-state index contributed by atoms with van der Waals surface area (Å²) < 4.78 is 0. The second kappa shape index (κ2) is 8.83. The predicted molar refractivity (Wildman–Crippen MR) is 119 cm³/mol. The smallest absolute Gasteiger partial charge is 0.103 e. The highest BCUT2D eigenvalue weighted by Crippen LogP contribution is 2.37. The van der Waals surface area contributed by atoms with Gasteiger partial charge in [0.1, 0.15) is 5.17 Å². The average Bonchev–Trinajstić information content (AvgIpc) is 2.67. The van der Waals surface area contributed by atoms with Gasteiger partial charge in [-0.15, -0.1) is 0 Å². The minimum atomic E-state index is 0.521. The molecule has 136 valence electrons. The molecule has 0 fully saturated rings. The molecule has 0 spiro atoms. The fraction of sp³-hybridized carbons (Fsp3) is 0.160. The van der Waals surface area contributed by atoms with Crippen LogP contribution >= 0.6 is 11.6 Å². The Labute approximate surface area is 167 Å². The van der Waals surface area contributed by atoms with Crippen molar-refractivity contribution < 1.29 is 0 Å². The molecule has 1 nitrogen and oxygen atoms in total. The molecule has 0 aliphatic carbocycles. The Morgan fingerprint density at radius 2 is 1.63 bits per heavy atom. The highest BCUT2D eigenvalue weighted by atomic mass is 35.5. The molecule has 0 N–H and O–H groups in total. The number of halogens is 1. The van der Waals surface area contributed by atoms with E-state index in [1.165, 1.54) is 11.1 Å². The number of aliphatic imine (C=N–C) groups is 1. The van der Waals surface area contributed by atoms with Gasteiger partial charge in [0.15, 0.2) is 0 Å². The molecule has 0 radical (unpaired) electrons. The quantitative estimate of drug-likeness (QED) is 0.394. The first kappa shape index (κ1) is 19.1. The molecule has 0 aliphatic heterocycles. The minimum absolute atomic E-state index is 0.521. The molecule has 0 amide bonds. The summed E-state index contributed by atoms with van der Waals surface area (Å²) in [6.07, 6.45) is 1.83. The monoisotopic (exact) mass is 373 g/mol. The number of nitrogens with zero attached hydrogens (tertiary/aromatic N) is 1. The standard InChI is InChI=1S/C25H24ClN/c1-18-10-7-8-11-21(18)17-16-19(2)25-23(22-12-5-4-6-13-22)14-9-15-24(25)27-20(3)26/h4-15H,2,16-17H2,1,3H3. The van der Waals surface area contributed by atoms with Gasteiger partial charge in [0.05, 0.1) is 5.69 Å². The first-order chi connectivity index (χ1) is 13.1. The van der Waals surface area contributed by atoms with E-state index in [-0.39, 0.29) is 0 Å². The maximum Gasteiger partial charge on any atom is 0.103 e. The lowest BCUT2D eigenvalue weighted by molar-refractivity contribution is 1.00. The van der Waals surface area contributed by atoms with E-state index < -0.39 is 0 Å². The maximum absolute atomic E-state index is 6.10. The molecule has 0 aromatic heterocycles. The van der Waals surface area contributed by atoms with Crippen LogP contribution in [0.15, 0.2) is 84.4 Å². The van der Waals surface area contributed by atoms with Crippen LogP contribution in [0.1, 0.15) is 30.0 Å². The predicted octanol–water partition coefficient (Wildman–Crippen LogP) is 7.60. The number of rotatable bonds is 6. The Balaban J connectivity index is 2.00. The summed E-state index contributed by atoms with van der Waals surface area (Å²) in [6.45, 7) is 8.37. The summed E-state index contributed by atoms with van der Waals surface area (Å²) in [5.41, 5.74) is 8.01. The molecule has 3 aromatic carbocycles. The van der Waals surface area contributed by atoms with Gasteiger partial charge in [0.2, 0.25) is 0 Å².